The number of aromatic nitrogens is 2. The maximum Gasteiger partial charge on any atom is 0.409 e. The standard InChI is InChI=1S/C17H29N5O2/c1-6-24-16(23)22-9-7-13(8-10-22)19-14-11-12(2)18-15(20-14)21-17(3,4)5/h11,13H,6-10H2,1-5H3,(H2,18,19,20,21). The van der Waals surface area contributed by atoms with Gasteiger partial charge in [-0.25, -0.2) is 9.78 Å². The first kappa shape index (κ1) is 18.3. The van der Waals surface area contributed by atoms with Crippen molar-refractivity contribution in [2.45, 2.75) is 59.0 Å². The van der Waals surface area contributed by atoms with Crippen LogP contribution in [0.3, 0.4) is 0 Å². The van der Waals surface area contributed by atoms with Crippen molar-refractivity contribution in [2.24, 2.45) is 0 Å². The molecule has 1 saturated heterocycles. The van der Waals surface area contributed by atoms with E-state index in [9.17, 15) is 4.79 Å². The van der Waals surface area contributed by atoms with Crippen molar-refractivity contribution in [3.63, 3.8) is 0 Å². The summed E-state index contributed by atoms with van der Waals surface area (Å²) in [5.41, 5.74) is 0.832. The first-order valence-electron chi connectivity index (χ1n) is 8.59. The fourth-order valence-electron chi connectivity index (χ4n) is 2.66. The topological polar surface area (TPSA) is 79.4 Å². The van der Waals surface area contributed by atoms with Crippen LogP contribution < -0.4 is 10.6 Å². The molecule has 0 bridgehead atoms. The average Bonchev–Trinajstić information content (AvgIpc) is 2.45. The molecule has 1 amide bonds. The molecule has 2 heterocycles. The number of anilines is 2. The summed E-state index contributed by atoms with van der Waals surface area (Å²) in [5, 5.41) is 6.77. The zero-order valence-electron chi connectivity index (χ0n) is 15.3. The molecule has 0 spiro atoms. The molecule has 0 radical (unpaired) electrons. The summed E-state index contributed by atoms with van der Waals surface area (Å²) >= 11 is 0. The van der Waals surface area contributed by atoms with E-state index in [2.05, 4.69) is 41.4 Å². The van der Waals surface area contributed by atoms with Crippen molar-refractivity contribution >= 4 is 17.9 Å². The zero-order chi connectivity index (χ0) is 17.7. The molecule has 1 fully saturated rings. The molecule has 0 atom stereocenters. The Labute approximate surface area is 144 Å². The minimum Gasteiger partial charge on any atom is -0.450 e. The number of aryl methyl sites for hydroxylation is 1. The monoisotopic (exact) mass is 335 g/mol. The van der Waals surface area contributed by atoms with Crippen LogP contribution in [0.2, 0.25) is 0 Å². The summed E-state index contributed by atoms with van der Waals surface area (Å²) in [6.45, 7) is 11.9. The van der Waals surface area contributed by atoms with Gasteiger partial charge in [0, 0.05) is 36.4 Å². The normalized spacial score (nSPS) is 16.0. The van der Waals surface area contributed by atoms with Crippen molar-refractivity contribution in [3.8, 4) is 0 Å². The van der Waals surface area contributed by atoms with Gasteiger partial charge in [0.2, 0.25) is 5.95 Å². The highest BCUT2D eigenvalue weighted by molar-refractivity contribution is 5.67. The second kappa shape index (κ2) is 7.68. The lowest BCUT2D eigenvalue weighted by Crippen LogP contribution is -2.42. The van der Waals surface area contributed by atoms with Crippen LogP contribution in [0.15, 0.2) is 6.07 Å². The molecule has 1 aromatic heterocycles. The van der Waals surface area contributed by atoms with E-state index in [1.54, 1.807) is 4.90 Å². The molecule has 0 unspecified atom stereocenters. The van der Waals surface area contributed by atoms with Gasteiger partial charge in [-0.3, -0.25) is 0 Å². The van der Waals surface area contributed by atoms with Gasteiger partial charge in [0.15, 0.2) is 0 Å². The summed E-state index contributed by atoms with van der Waals surface area (Å²) in [6, 6.07) is 2.25. The number of likely N-dealkylation sites (tertiary alicyclic amines) is 1. The van der Waals surface area contributed by atoms with Gasteiger partial charge in [0.05, 0.1) is 6.61 Å². The van der Waals surface area contributed by atoms with Gasteiger partial charge in [-0.05, 0) is 47.5 Å². The number of hydrogen-bond donors (Lipinski definition) is 2. The van der Waals surface area contributed by atoms with Gasteiger partial charge in [-0.2, -0.15) is 4.98 Å². The quantitative estimate of drug-likeness (QED) is 0.880. The Morgan fingerprint density at radius 3 is 2.58 bits per heavy atom. The lowest BCUT2D eigenvalue weighted by molar-refractivity contribution is 0.0983. The number of hydrogen-bond acceptors (Lipinski definition) is 6. The molecule has 1 aliphatic heterocycles. The molecule has 7 heteroatoms. The van der Waals surface area contributed by atoms with Crippen molar-refractivity contribution in [2.75, 3.05) is 30.3 Å². The Kier molecular flexibility index (Phi) is 5.85. The largest absolute Gasteiger partial charge is 0.450 e. The molecule has 134 valence electrons. The lowest BCUT2D eigenvalue weighted by atomic mass is 10.1. The van der Waals surface area contributed by atoms with Crippen molar-refractivity contribution in [1.82, 2.24) is 14.9 Å². The van der Waals surface area contributed by atoms with E-state index in [1.807, 2.05) is 19.9 Å². The average molecular weight is 335 g/mol. The van der Waals surface area contributed by atoms with Crippen LogP contribution in [0.5, 0.6) is 0 Å². The van der Waals surface area contributed by atoms with Crippen LogP contribution in [-0.2, 0) is 4.74 Å². The van der Waals surface area contributed by atoms with Crippen molar-refractivity contribution < 1.29 is 9.53 Å². The van der Waals surface area contributed by atoms with Gasteiger partial charge in [0.1, 0.15) is 5.82 Å². The first-order valence-corrected chi connectivity index (χ1v) is 8.59. The predicted octanol–water partition coefficient (Wildman–Crippen LogP) is 3.03. The highest BCUT2D eigenvalue weighted by atomic mass is 16.6. The molecule has 0 saturated carbocycles. The Hall–Kier alpha value is -2.05. The summed E-state index contributed by atoms with van der Waals surface area (Å²) in [4.78, 5) is 22.5. The molecule has 0 aromatic carbocycles. The second-order valence-electron chi connectivity index (χ2n) is 7.20. The van der Waals surface area contributed by atoms with Crippen LogP contribution >= 0.6 is 0 Å². The zero-order valence-corrected chi connectivity index (χ0v) is 15.3. The Morgan fingerprint density at radius 2 is 2.00 bits per heavy atom. The summed E-state index contributed by atoms with van der Waals surface area (Å²) in [7, 11) is 0. The molecule has 24 heavy (non-hydrogen) atoms. The van der Waals surface area contributed by atoms with Gasteiger partial charge < -0.3 is 20.3 Å². The Bertz CT molecular complexity index is 563. The summed E-state index contributed by atoms with van der Waals surface area (Å²) in [5.74, 6) is 1.46. The van der Waals surface area contributed by atoms with E-state index >= 15 is 0 Å². The molecule has 1 aromatic rings. The smallest absolute Gasteiger partial charge is 0.409 e. The number of piperidine rings is 1. The fourth-order valence-corrected chi connectivity index (χ4v) is 2.66. The Balaban J connectivity index is 1.94. The maximum atomic E-state index is 11.7. The van der Waals surface area contributed by atoms with E-state index in [-0.39, 0.29) is 11.6 Å². The van der Waals surface area contributed by atoms with Crippen LogP contribution in [0.1, 0.15) is 46.2 Å². The number of carbonyl (C=O) groups excluding carboxylic acids is 1. The number of ether oxygens (including phenoxy) is 1. The first-order chi connectivity index (χ1) is 11.3. The maximum absolute atomic E-state index is 11.7. The van der Waals surface area contributed by atoms with Crippen molar-refractivity contribution in [1.29, 1.82) is 0 Å². The molecular formula is C17H29N5O2. The third-order valence-electron chi connectivity index (χ3n) is 3.71. The SMILES string of the molecule is CCOC(=O)N1CCC(Nc2cc(C)nc(NC(C)(C)C)n2)CC1. The number of nitrogens with zero attached hydrogens (tertiary/aromatic N) is 3. The molecule has 2 N–H and O–H groups in total. The van der Waals surface area contributed by atoms with Crippen LogP contribution in [-0.4, -0.2) is 52.2 Å². The van der Waals surface area contributed by atoms with E-state index in [4.69, 9.17) is 4.74 Å². The summed E-state index contributed by atoms with van der Waals surface area (Å²) in [6.07, 6.45) is 1.54. The van der Waals surface area contributed by atoms with E-state index in [0.717, 1.165) is 24.4 Å². The lowest BCUT2D eigenvalue weighted by Gasteiger charge is -2.32. The van der Waals surface area contributed by atoms with Crippen LogP contribution in [0, 0.1) is 6.92 Å². The second-order valence-corrected chi connectivity index (χ2v) is 7.20. The molecule has 7 nitrogen and oxygen atoms in total. The van der Waals surface area contributed by atoms with Crippen molar-refractivity contribution in [3.05, 3.63) is 11.8 Å². The van der Waals surface area contributed by atoms with Gasteiger partial charge in [0.25, 0.3) is 0 Å². The minimum atomic E-state index is -0.217. The van der Waals surface area contributed by atoms with Gasteiger partial charge in [-0.15, -0.1) is 0 Å². The fraction of sp³-hybridized carbons (Fsp3) is 0.706. The molecule has 2 rings (SSSR count). The minimum absolute atomic E-state index is 0.0873. The Morgan fingerprint density at radius 1 is 1.33 bits per heavy atom. The van der Waals surface area contributed by atoms with Gasteiger partial charge >= 0.3 is 6.09 Å². The van der Waals surface area contributed by atoms with E-state index in [0.29, 0.717) is 31.7 Å². The van der Waals surface area contributed by atoms with Crippen LogP contribution in [0.25, 0.3) is 0 Å². The third kappa shape index (κ3) is 5.54. The highest BCUT2D eigenvalue weighted by Gasteiger charge is 2.24. The number of amides is 1. The number of nitrogens with one attached hydrogen (secondary N) is 2. The van der Waals surface area contributed by atoms with Gasteiger partial charge in [-0.1, -0.05) is 0 Å². The van der Waals surface area contributed by atoms with E-state index < -0.39 is 0 Å². The summed E-state index contributed by atoms with van der Waals surface area (Å²) < 4.78 is 5.05. The number of carbonyl (C=O) groups is 1. The molecule has 0 aliphatic carbocycles. The highest BCUT2D eigenvalue weighted by Crippen LogP contribution is 2.19. The molecule has 1 aliphatic rings. The number of rotatable bonds is 4. The van der Waals surface area contributed by atoms with E-state index in [1.165, 1.54) is 0 Å². The molecular weight excluding hydrogens is 306 g/mol. The third-order valence-corrected chi connectivity index (χ3v) is 3.71. The predicted molar refractivity (Wildman–Crippen MR) is 95.4 cm³/mol. The van der Waals surface area contributed by atoms with Crippen LogP contribution in [0.4, 0.5) is 16.6 Å².